The third-order valence-corrected chi connectivity index (χ3v) is 3.13. The van der Waals surface area contributed by atoms with E-state index in [9.17, 15) is 4.79 Å². The van der Waals surface area contributed by atoms with Gasteiger partial charge in [-0.3, -0.25) is 4.79 Å². The Morgan fingerprint density at radius 2 is 2.25 bits per heavy atom. The Morgan fingerprint density at radius 3 is 2.81 bits per heavy atom. The summed E-state index contributed by atoms with van der Waals surface area (Å²) in [4.78, 5) is 12.0. The average Bonchev–Trinajstić information content (AvgIpc) is 2.74. The van der Waals surface area contributed by atoms with E-state index in [0.717, 1.165) is 38.8 Å². The Kier molecular flexibility index (Phi) is 5.77. The molecular weight excluding hydrogens is 206 g/mol. The maximum Gasteiger partial charge on any atom is 0.313 e. The normalized spacial score (nSPS) is 24.6. The summed E-state index contributed by atoms with van der Waals surface area (Å²) in [7, 11) is 1.65. The minimum atomic E-state index is -0.262. The summed E-state index contributed by atoms with van der Waals surface area (Å²) in [5.41, 5.74) is -0.262. The highest BCUT2D eigenvalue weighted by atomic mass is 16.5. The van der Waals surface area contributed by atoms with Crippen LogP contribution in [0.25, 0.3) is 0 Å². The summed E-state index contributed by atoms with van der Waals surface area (Å²) in [6, 6.07) is 0. The molecule has 0 saturated carbocycles. The zero-order valence-electron chi connectivity index (χ0n) is 10.4. The Hall–Kier alpha value is -0.610. The molecule has 0 aromatic carbocycles. The monoisotopic (exact) mass is 229 g/mol. The molecule has 1 aliphatic heterocycles. The lowest BCUT2D eigenvalue weighted by Gasteiger charge is -2.25. The molecule has 0 aromatic rings. The molecule has 0 aliphatic carbocycles. The van der Waals surface area contributed by atoms with Crippen LogP contribution < -0.4 is 5.32 Å². The quantitative estimate of drug-likeness (QED) is 0.529. The number of ether oxygens (including phenoxy) is 2. The van der Waals surface area contributed by atoms with Gasteiger partial charge in [0.1, 0.15) is 0 Å². The number of methoxy groups -OCH3 is 1. The van der Waals surface area contributed by atoms with Gasteiger partial charge in [0.25, 0.3) is 0 Å². The van der Waals surface area contributed by atoms with Crippen molar-refractivity contribution in [3.63, 3.8) is 0 Å². The summed E-state index contributed by atoms with van der Waals surface area (Å²) in [6.45, 7) is 4.92. The maximum atomic E-state index is 12.0. The minimum absolute atomic E-state index is 0.0320. The van der Waals surface area contributed by atoms with Gasteiger partial charge in [-0.05, 0) is 19.4 Å². The topological polar surface area (TPSA) is 47.6 Å². The molecule has 1 atom stereocenters. The standard InChI is InChI=1S/C12H23NO3/c1-3-5-12(6-7-13-10-12)11(14)16-9-4-8-15-2/h13H,3-10H2,1-2H3. The summed E-state index contributed by atoms with van der Waals surface area (Å²) < 4.78 is 10.2. The van der Waals surface area contributed by atoms with Crippen LogP contribution in [0.3, 0.4) is 0 Å². The lowest BCUT2D eigenvalue weighted by molar-refractivity contribution is -0.155. The molecule has 1 aliphatic rings. The number of hydrogen-bond donors (Lipinski definition) is 1. The van der Waals surface area contributed by atoms with Crippen molar-refractivity contribution in [2.75, 3.05) is 33.4 Å². The Bertz CT molecular complexity index is 212. The molecule has 16 heavy (non-hydrogen) atoms. The van der Waals surface area contributed by atoms with Crippen LogP contribution in [0.1, 0.15) is 32.6 Å². The first kappa shape index (κ1) is 13.5. The van der Waals surface area contributed by atoms with Crippen molar-refractivity contribution in [2.24, 2.45) is 5.41 Å². The minimum Gasteiger partial charge on any atom is -0.465 e. The van der Waals surface area contributed by atoms with Gasteiger partial charge >= 0.3 is 5.97 Å². The molecule has 0 aromatic heterocycles. The van der Waals surface area contributed by atoms with Crippen molar-refractivity contribution < 1.29 is 14.3 Å². The Morgan fingerprint density at radius 1 is 1.44 bits per heavy atom. The zero-order chi connectivity index (χ0) is 11.9. The molecule has 0 radical (unpaired) electrons. The fourth-order valence-electron chi connectivity index (χ4n) is 2.23. The third-order valence-electron chi connectivity index (χ3n) is 3.13. The number of hydrogen-bond acceptors (Lipinski definition) is 4. The van der Waals surface area contributed by atoms with Crippen molar-refractivity contribution in [3.8, 4) is 0 Å². The second kappa shape index (κ2) is 6.86. The third kappa shape index (κ3) is 3.46. The molecule has 1 rings (SSSR count). The molecule has 94 valence electrons. The number of nitrogens with one attached hydrogen (secondary N) is 1. The van der Waals surface area contributed by atoms with Gasteiger partial charge in [0, 0.05) is 26.7 Å². The first-order valence-corrected chi connectivity index (χ1v) is 6.12. The van der Waals surface area contributed by atoms with E-state index in [0.29, 0.717) is 13.2 Å². The highest BCUT2D eigenvalue weighted by Gasteiger charge is 2.41. The SMILES string of the molecule is CCCC1(C(=O)OCCCOC)CCNC1. The molecule has 0 amide bonds. The second-order valence-electron chi connectivity index (χ2n) is 4.44. The highest BCUT2D eigenvalue weighted by molar-refractivity contribution is 5.77. The predicted molar refractivity (Wildman–Crippen MR) is 62.3 cm³/mol. The Labute approximate surface area is 97.7 Å². The van der Waals surface area contributed by atoms with Gasteiger partial charge in [-0.25, -0.2) is 0 Å². The van der Waals surface area contributed by atoms with E-state index in [4.69, 9.17) is 9.47 Å². The van der Waals surface area contributed by atoms with E-state index in [1.165, 1.54) is 0 Å². The van der Waals surface area contributed by atoms with E-state index in [2.05, 4.69) is 12.2 Å². The molecule has 1 heterocycles. The molecule has 0 bridgehead atoms. The van der Waals surface area contributed by atoms with Crippen LogP contribution in [0, 0.1) is 5.41 Å². The number of esters is 1. The van der Waals surface area contributed by atoms with Crippen LogP contribution >= 0.6 is 0 Å². The van der Waals surface area contributed by atoms with Crippen LogP contribution in [0.5, 0.6) is 0 Å². The van der Waals surface area contributed by atoms with E-state index in [-0.39, 0.29) is 11.4 Å². The molecule has 1 saturated heterocycles. The van der Waals surface area contributed by atoms with Crippen LogP contribution in [-0.2, 0) is 14.3 Å². The fraction of sp³-hybridized carbons (Fsp3) is 0.917. The lowest BCUT2D eigenvalue weighted by atomic mass is 9.82. The van der Waals surface area contributed by atoms with Gasteiger partial charge in [0.2, 0.25) is 0 Å². The summed E-state index contributed by atoms with van der Waals surface area (Å²) in [6.07, 6.45) is 3.62. The first-order valence-electron chi connectivity index (χ1n) is 6.12. The molecule has 0 spiro atoms. The number of rotatable bonds is 7. The Balaban J connectivity index is 2.36. The van der Waals surface area contributed by atoms with E-state index in [1.54, 1.807) is 7.11 Å². The number of carbonyl (C=O) groups is 1. The van der Waals surface area contributed by atoms with Crippen LogP contribution in [0.15, 0.2) is 0 Å². The van der Waals surface area contributed by atoms with Gasteiger partial charge in [-0.1, -0.05) is 13.3 Å². The van der Waals surface area contributed by atoms with Gasteiger partial charge in [0.05, 0.1) is 12.0 Å². The predicted octanol–water partition coefficient (Wildman–Crippen LogP) is 1.35. The number of carbonyl (C=O) groups excluding carboxylic acids is 1. The van der Waals surface area contributed by atoms with Gasteiger partial charge in [-0.15, -0.1) is 0 Å². The first-order chi connectivity index (χ1) is 7.75. The van der Waals surface area contributed by atoms with Gasteiger partial charge < -0.3 is 14.8 Å². The summed E-state index contributed by atoms with van der Waals surface area (Å²) >= 11 is 0. The van der Waals surface area contributed by atoms with Crippen molar-refractivity contribution in [1.82, 2.24) is 5.32 Å². The van der Waals surface area contributed by atoms with Crippen LogP contribution in [0.2, 0.25) is 0 Å². The van der Waals surface area contributed by atoms with E-state index < -0.39 is 0 Å². The molecule has 1 unspecified atom stereocenters. The molecule has 1 fully saturated rings. The maximum absolute atomic E-state index is 12.0. The van der Waals surface area contributed by atoms with E-state index >= 15 is 0 Å². The summed E-state index contributed by atoms with van der Waals surface area (Å²) in [5.74, 6) is -0.0320. The van der Waals surface area contributed by atoms with Crippen molar-refractivity contribution in [2.45, 2.75) is 32.6 Å². The van der Waals surface area contributed by atoms with Crippen molar-refractivity contribution in [3.05, 3.63) is 0 Å². The van der Waals surface area contributed by atoms with Crippen molar-refractivity contribution in [1.29, 1.82) is 0 Å². The highest BCUT2D eigenvalue weighted by Crippen LogP contribution is 2.32. The molecular formula is C12H23NO3. The molecule has 4 heteroatoms. The zero-order valence-corrected chi connectivity index (χ0v) is 10.4. The van der Waals surface area contributed by atoms with Crippen LogP contribution in [-0.4, -0.2) is 39.4 Å². The van der Waals surface area contributed by atoms with Gasteiger partial charge in [-0.2, -0.15) is 0 Å². The van der Waals surface area contributed by atoms with Crippen molar-refractivity contribution >= 4 is 5.97 Å². The van der Waals surface area contributed by atoms with Gasteiger partial charge in [0.15, 0.2) is 0 Å². The largest absolute Gasteiger partial charge is 0.465 e. The smallest absolute Gasteiger partial charge is 0.313 e. The van der Waals surface area contributed by atoms with E-state index in [1.807, 2.05) is 0 Å². The second-order valence-corrected chi connectivity index (χ2v) is 4.44. The molecule has 4 nitrogen and oxygen atoms in total. The lowest BCUT2D eigenvalue weighted by Crippen LogP contribution is -2.35. The fourth-order valence-corrected chi connectivity index (χ4v) is 2.23. The summed E-state index contributed by atoms with van der Waals surface area (Å²) in [5, 5.41) is 3.25. The van der Waals surface area contributed by atoms with Crippen LogP contribution in [0.4, 0.5) is 0 Å². The molecule has 1 N–H and O–H groups in total. The average molecular weight is 229 g/mol.